The Morgan fingerprint density at radius 2 is 1.74 bits per heavy atom. The Hall–Kier alpha value is -2.65. The predicted molar refractivity (Wildman–Crippen MR) is 128 cm³/mol. The van der Waals surface area contributed by atoms with Crippen LogP contribution < -0.4 is 0 Å². The van der Waals surface area contributed by atoms with Gasteiger partial charge >= 0.3 is 0 Å². The fraction of sp³-hybridized carbons (Fsp3) is 0.520. The number of likely N-dealkylation sites (tertiary alicyclic amines) is 1. The summed E-state index contributed by atoms with van der Waals surface area (Å²) >= 11 is 0. The van der Waals surface area contributed by atoms with E-state index < -0.39 is 16.1 Å². The highest BCUT2D eigenvalue weighted by molar-refractivity contribution is 7.89. The summed E-state index contributed by atoms with van der Waals surface area (Å²) in [4.78, 5) is 29.8. The van der Waals surface area contributed by atoms with E-state index in [0.29, 0.717) is 32.0 Å². The minimum absolute atomic E-state index is 0.116. The largest absolute Gasteiger partial charge is 0.459 e. The monoisotopic (exact) mass is 487 g/mol. The van der Waals surface area contributed by atoms with Crippen LogP contribution >= 0.6 is 0 Å². The van der Waals surface area contributed by atoms with Crippen molar-refractivity contribution in [2.45, 2.75) is 56.4 Å². The molecule has 0 saturated carbocycles. The summed E-state index contributed by atoms with van der Waals surface area (Å²) in [5, 5.41) is 0. The van der Waals surface area contributed by atoms with Crippen molar-refractivity contribution in [1.29, 1.82) is 0 Å². The number of benzene rings is 1. The number of sulfonamides is 1. The lowest BCUT2D eigenvalue weighted by molar-refractivity contribution is -0.138. The smallest absolute Gasteiger partial charge is 0.290 e. The summed E-state index contributed by atoms with van der Waals surface area (Å²) < 4.78 is 33.0. The minimum atomic E-state index is -3.62. The molecule has 4 rings (SSSR count). The van der Waals surface area contributed by atoms with Crippen LogP contribution in [0.5, 0.6) is 0 Å². The minimum Gasteiger partial charge on any atom is -0.459 e. The molecule has 1 aromatic heterocycles. The lowest BCUT2D eigenvalue weighted by Gasteiger charge is -2.40. The molecular weight excluding hydrogens is 454 g/mol. The average Bonchev–Trinajstić information content (AvgIpc) is 3.42. The Morgan fingerprint density at radius 3 is 2.35 bits per heavy atom. The normalized spacial score (nSPS) is 20.8. The van der Waals surface area contributed by atoms with Crippen molar-refractivity contribution in [2.24, 2.45) is 0 Å². The fourth-order valence-electron chi connectivity index (χ4n) is 4.69. The van der Waals surface area contributed by atoms with Crippen molar-refractivity contribution in [3.8, 4) is 0 Å². The summed E-state index contributed by atoms with van der Waals surface area (Å²) in [5.41, 5.74) is 1.12. The topological polar surface area (TPSA) is 91.1 Å². The Balaban J connectivity index is 1.40. The molecule has 3 heterocycles. The molecular formula is C25H33N3O5S. The number of rotatable bonds is 6. The number of carbonyl (C=O) groups excluding carboxylic acids is 2. The van der Waals surface area contributed by atoms with Gasteiger partial charge in [0.1, 0.15) is 6.04 Å². The highest BCUT2D eigenvalue weighted by Gasteiger charge is 2.38. The summed E-state index contributed by atoms with van der Waals surface area (Å²) in [6, 6.07) is 9.84. The molecule has 1 aromatic carbocycles. The van der Waals surface area contributed by atoms with Crippen LogP contribution in [0.15, 0.2) is 52.0 Å². The van der Waals surface area contributed by atoms with E-state index in [1.54, 1.807) is 34.1 Å². The van der Waals surface area contributed by atoms with Crippen LogP contribution in [0.25, 0.3) is 0 Å². The van der Waals surface area contributed by atoms with Crippen molar-refractivity contribution in [3.63, 3.8) is 0 Å². The molecule has 184 valence electrons. The summed E-state index contributed by atoms with van der Waals surface area (Å²) in [7, 11) is -3.62. The Labute approximate surface area is 201 Å². The first-order valence-corrected chi connectivity index (χ1v) is 13.5. The molecule has 8 nitrogen and oxygen atoms in total. The molecule has 9 heteroatoms. The van der Waals surface area contributed by atoms with Crippen LogP contribution in [-0.2, 0) is 14.8 Å². The standard InChI is InChI=1S/C25H33N3O5S/c1-3-19(2)20-9-11-21(12-10-20)34(31,32)27-16-14-26(15-17-27)24(29)22-7-4-5-13-28(22)25(30)23-8-6-18-33-23/h6,8-12,18-19,22H,3-5,7,13-17H2,1-2H3. The Bertz CT molecular complexity index is 1090. The zero-order valence-electron chi connectivity index (χ0n) is 19.9. The van der Waals surface area contributed by atoms with Crippen molar-refractivity contribution in [1.82, 2.24) is 14.1 Å². The molecule has 2 aliphatic rings. The average molecular weight is 488 g/mol. The van der Waals surface area contributed by atoms with E-state index in [1.807, 2.05) is 12.1 Å². The first-order chi connectivity index (χ1) is 16.3. The van der Waals surface area contributed by atoms with Crippen LogP contribution in [0.4, 0.5) is 0 Å². The second-order valence-corrected chi connectivity index (χ2v) is 11.0. The summed E-state index contributed by atoms with van der Waals surface area (Å²) in [5.74, 6) is 0.222. The molecule has 0 spiro atoms. The number of piperidine rings is 1. The maximum Gasteiger partial charge on any atom is 0.290 e. The maximum atomic E-state index is 13.3. The second kappa shape index (κ2) is 10.3. The second-order valence-electron chi connectivity index (χ2n) is 9.10. The first kappa shape index (κ1) is 24.5. The van der Waals surface area contributed by atoms with Crippen molar-refractivity contribution in [2.75, 3.05) is 32.7 Å². The van der Waals surface area contributed by atoms with Crippen LogP contribution in [0.2, 0.25) is 0 Å². The lowest BCUT2D eigenvalue weighted by Crippen LogP contribution is -2.57. The van der Waals surface area contributed by atoms with Gasteiger partial charge in [0.25, 0.3) is 5.91 Å². The van der Waals surface area contributed by atoms with Gasteiger partial charge in [-0.2, -0.15) is 4.31 Å². The number of hydrogen-bond acceptors (Lipinski definition) is 5. The molecule has 0 aliphatic carbocycles. The SMILES string of the molecule is CCC(C)c1ccc(S(=O)(=O)N2CCN(C(=O)C3CCCCN3C(=O)c3ccco3)CC2)cc1. The van der Waals surface area contributed by atoms with Gasteiger partial charge < -0.3 is 14.2 Å². The van der Waals surface area contributed by atoms with Gasteiger partial charge in [-0.1, -0.05) is 26.0 Å². The zero-order chi connectivity index (χ0) is 24.3. The molecule has 2 aliphatic heterocycles. The van der Waals surface area contributed by atoms with Gasteiger partial charge in [-0.25, -0.2) is 8.42 Å². The lowest BCUT2D eigenvalue weighted by atomic mass is 9.99. The van der Waals surface area contributed by atoms with Gasteiger partial charge in [-0.15, -0.1) is 0 Å². The Morgan fingerprint density at radius 1 is 1.03 bits per heavy atom. The van der Waals surface area contributed by atoms with Gasteiger partial charge in [-0.3, -0.25) is 9.59 Å². The highest BCUT2D eigenvalue weighted by Crippen LogP contribution is 2.25. The molecule has 0 radical (unpaired) electrons. The highest BCUT2D eigenvalue weighted by atomic mass is 32.2. The van der Waals surface area contributed by atoms with Gasteiger partial charge in [0.05, 0.1) is 11.2 Å². The van der Waals surface area contributed by atoms with Gasteiger partial charge in [0.2, 0.25) is 15.9 Å². The third-order valence-electron chi connectivity index (χ3n) is 7.03. The van der Waals surface area contributed by atoms with E-state index in [-0.39, 0.29) is 35.6 Å². The summed E-state index contributed by atoms with van der Waals surface area (Å²) in [6.45, 7) is 5.83. The van der Waals surface area contributed by atoms with Crippen LogP contribution in [-0.4, -0.2) is 73.1 Å². The number of piperazine rings is 1. The van der Waals surface area contributed by atoms with E-state index in [9.17, 15) is 18.0 Å². The molecule has 2 aromatic rings. The van der Waals surface area contributed by atoms with Crippen molar-refractivity contribution < 1.29 is 22.4 Å². The van der Waals surface area contributed by atoms with Crippen molar-refractivity contribution >= 4 is 21.8 Å². The third kappa shape index (κ3) is 4.90. The summed E-state index contributed by atoms with van der Waals surface area (Å²) in [6.07, 6.45) is 4.77. The van der Waals surface area contributed by atoms with E-state index in [0.717, 1.165) is 24.8 Å². The molecule has 34 heavy (non-hydrogen) atoms. The van der Waals surface area contributed by atoms with Crippen LogP contribution in [0, 0.1) is 0 Å². The number of nitrogens with zero attached hydrogens (tertiary/aromatic N) is 3. The molecule has 2 atom stereocenters. The molecule has 0 bridgehead atoms. The number of furan rings is 1. The Kier molecular flexibility index (Phi) is 7.42. The van der Waals surface area contributed by atoms with Gasteiger partial charge in [0, 0.05) is 32.7 Å². The third-order valence-corrected chi connectivity index (χ3v) is 8.94. The first-order valence-electron chi connectivity index (χ1n) is 12.1. The van der Waals surface area contributed by atoms with Crippen LogP contribution in [0.3, 0.4) is 0 Å². The predicted octanol–water partition coefficient (Wildman–Crippen LogP) is 3.32. The quantitative estimate of drug-likeness (QED) is 0.623. The van der Waals surface area contributed by atoms with E-state index in [4.69, 9.17) is 4.42 Å². The molecule has 2 saturated heterocycles. The van der Waals surface area contributed by atoms with E-state index in [2.05, 4.69) is 13.8 Å². The zero-order valence-corrected chi connectivity index (χ0v) is 20.7. The van der Waals surface area contributed by atoms with Gasteiger partial charge in [-0.05, 0) is 61.4 Å². The molecule has 2 unspecified atom stereocenters. The van der Waals surface area contributed by atoms with Gasteiger partial charge in [0.15, 0.2) is 5.76 Å². The van der Waals surface area contributed by atoms with E-state index in [1.165, 1.54) is 10.6 Å². The molecule has 0 N–H and O–H groups in total. The van der Waals surface area contributed by atoms with Crippen molar-refractivity contribution in [3.05, 3.63) is 54.0 Å². The van der Waals surface area contributed by atoms with Crippen LogP contribution in [0.1, 0.15) is 61.6 Å². The van der Waals surface area contributed by atoms with E-state index >= 15 is 0 Å². The molecule has 2 amide bonds. The molecule has 2 fully saturated rings. The number of carbonyl (C=O) groups is 2. The maximum absolute atomic E-state index is 13.3. The number of amides is 2. The fourth-order valence-corrected chi connectivity index (χ4v) is 6.11. The number of hydrogen-bond donors (Lipinski definition) is 0.